The molecular weight excluding hydrogens is 390 g/mol. The van der Waals surface area contributed by atoms with Gasteiger partial charge in [0.15, 0.2) is 0 Å². The highest BCUT2D eigenvalue weighted by Crippen LogP contribution is 2.18. The Bertz CT molecular complexity index is 889. The largest absolute Gasteiger partial charge is 0.350 e. The zero-order valence-corrected chi connectivity index (χ0v) is 15.0. The van der Waals surface area contributed by atoms with E-state index in [1.54, 1.807) is 17.4 Å². The van der Waals surface area contributed by atoms with Gasteiger partial charge in [0.25, 0.3) is 5.56 Å². The molecule has 2 aromatic heterocycles. The highest BCUT2D eigenvalue weighted by molar-refractivity contribution is 9.10. The molecule has 7 heteroatoms. The molecule has 24 heavy (non-hydrogen) atoms. The van der Waals surface area contributed by atoms with Crippen LogP contribution in [0.25, 0.3) is 11.3 Å². The number of carbonyl (C=O) groups excluding carboxylic acids is 1. The molecule has 5 nitrogen and oxygen atoms in total. The van der Waals surface area contributed by atoms with Crippen molar-refractivity contribution in [2.24, 2.45) is 0 Å². The van der Waals surface area contributed by atoms with Crippen molar-refractivity contribution in [2.75, 3.05) is 0 Å². The molecule has 2 heterocycles. The number of hydrogen-bond acceptors (Lipinski definition) is 4. The van der Waals surface area contributed by atoms with Crippen LogP contribution in [0.2, 0.25) is 0 Å². The van der Waals surface area contributed by atoms with Crippen LogP contribution in [0.5, 0.6) is 0 Å². The number of benzene rings is 1. The Morgan fingerprint density at radius 2 is 1.96 bits per heavy atom. The number of hydrogen-bond donors (Lipinski definition) is 1. The highest BCUT2D eigenvalue weighted by Gasteiger charge is 2.08. The van der Waals surface area contributed by atoms with Crippen LogP contribution in [0.1, 0.15) is 4.88 Å². The molecule has 0 aliphatic rings. The number of rotatable bonds is 5. The summed E-state index contributed by atoms with van der Waals surface area (Å²) in [5.74, 6) is -0.244. The van der Waals surface area contributed by atoms with Crippen LogP contribution in [0.4, 0.5) is 0 Å². The Morgan fingerprint density at radius 1 is 1.17 bits per heavy atom. The first kappa shape index (κ1) is 16.6. The quantitative estimate of drug-likeness (QED) is 0.711. The second kappa shape index (κ2) is 7.55. The second-order valence-corrected chi connectivity index (χ2v) is 7.03. The fourth-order valence-corrected chi connectivity index (χ4v) is 3.04. The molecule has 0 radical (unpaired) electrons. The summed E-state index contributed by atoms with van der Waals surface area (Å²) in [6.45, 7) is 0.353. The zero-order chi connectivity index (χ0) is 16.9. The van der Waals surface area contributed by atoms with E-state index < -0.39 is 0 Å². The van der Waals surface area contributed by atoms with E-state index in [-0.39, 0.29) is 18.0 Å². The fourth-order valence-electron chi connectivity index (χ4n) is 2.13. The van der Waals surface area contributed by atoms with Gasteiger partial charge in [-0.2, -0.15) is 5.10 Å². The van der Waals surface area contributed by atoms with Gasteiger partial charge in [0.2, 0.25) is 5.91 Å². The molecule has 0 fully saturated rings. The van der Waals surface area contributed by atoms with Crippen molar-refractivity contribution >= 4 is 33.2 Å². The van der Waals surface area contributed by atoms with Crippen molar-refractivity contribution < 1.29 is 4.79 Å². The number of carbonyl (C=O) groups is 1. The molecule has 1 amide bonds. The Morgan fingerprint density at radius 3 is 2.67 bits per heavy atom. The van der Waals surface area contributed by atoms with Crippen molar-refractivity contribution in [1.29, 1.82) is 0 Å². The van der Waals surface area contributed by atoms with E-state index in [9.17, 15) is 9.59 Å². The van der Waals surface area contributed by atoms with Gasteiger partial charge < -0.3 is 5.32 Å². The van der Waals surface area contributed by atoms with E-state index in [4.69, 9.17) is 0 Å². The van der Waals surface area contributed by atoms with Crippen molar-refractivity contribution in [3.05, 3.63) is 73.6 Å². The summed E-state index contributed by atoms with van der Waals surface area (Å²) in [5, 5.41) is 9.03. The highest BCUT2D eigenvalue weighted by atomic mass is 79.9. The third-order valence-electron chi connectivity index (χ3n) is 3.34. The van der Waals surface area contributed by atoms with E-state index in [0.717, 1.165) is 14.9 Å². The van der Waals surface area contributed by atoms with Crippen molar-refractivity contribution in [3.63, 3.8) is 0 Å². The number of thiophene rings is 1. The van der Waals surface area contributed by atoms with E-state index in [1.165, 1.54) is 10.7 Å². The average Bonchev–Trinajstić information content (AvgIpc) is 3.09. The summed E-state index contributed by atoms with van der Waals surface area (Å²) < 4.78 is 2.15. The summed E-state index contributed by atoms with van der Waals surface area (Å²) in [7, 11) is 0. The van der Waals surface area contributed by atoms with Crippen LogP contribution in [0.3, 0.4) is 0 Å². The smallest absolute Gasteiger partial charge is 0.267 e. The molecule has 122 valence electrons. The van der Waals surface area contributed by atoms with Gasteiger partial charge in [-0.15, -0.1) is 11.3 Å². The van der Waals surface area contributed by atoms with E-state index in [0.29, 0.717) is 12.2 Å². The third-order valence-corrected chi connectivity index (χ3v) is 4.74. The Kier molecular flexibility index (Phi) is 5.22. The Labute approximate surface area is 151 Å². The lowest BCUT2D eigenvalue weighted by molar-refractivity contribution is -0.122. The molecule has 0 aliphatic heterocycles. The minimum Gasteiger partial charge on any atom is -0.350 e. The van der Waals surface area contributed by atoms with Gasteiger partial charge in [-0.3, -0.25) is 9.59 Å². The molecule has 0 atom stereocenters. The summed E-state index contributed by atoms with van der Waals surface area (Å²) >= 11 is 4.96. The summed E-state index contributed by atoms with van der Waals surface area (Å²) in [4.78, 5) is 25.0. The molecule has 0 saturated heterocycles. The molecule has 3 aromatic rings. The van der Waals surface area contributed by atoms with Crippen LogP contribution in [-0.2, 0) is 17.9 Å². The van der Waals surface area contributed by atoms with Gasteiger partial charge in [0.05, 0.1) is 12.2 Å². The molecule has 0 unspecified atom stereocenters. The maximum atomic E-state index is 12.0. The maximum absolute atomic E-state index is 12.0. The van der Waals surface area contributed by atoms with E-state index in [1.807, 2.05) is 41.8 Å². The first-order valence-electron chi connectivity index (χ1n) is 7.25. The van der Waals surface area contributed by atoms with E-state index >= 15 is 0 Å². The SMILES string of the molecule is O=C(Cn1nc(-c2ccc(Br)cc2)ccc1=O)NCc1cccs1. The van der Waals surface area contributed by atoms with Crippen LogP contribution in [0.15, 0.2) is 63.2 Å². The zero-order valence-electron chi connectivity index (χ0n) is 12.6. The first-order chi connectivity index (χ1) is 11.6. The first-order valence-corrected chi connectivity index (χ1v) is 8.92. The van der Waals surface area contributed by atoms with Gasteiger partial charge in [0.1, 0.15) is 6.54 Å². The van der Waals surface area contributed by atoms with Crippen molar-refractivity contribution in [3.8, 4) is 11.3 Å². The number of nitrogens with zero attached hydrogens (tertiary/aromatic N) is 2. The topological polar surface area (TPSA) is 64.0 Å². The summed E-state index contributed by atoms with van der Waals surface area (Å²) in [6, 6.07) is 14.6. The minimum atomic E-state index is -0.304. The molecule has 3 rings (SSSR count). The average molecular weight is 404 g/mol. The normalized spacial score (nSPS) is 10.5. The van der Waals surface area contributed by atoms with E-state index in [2.05, 4.69) is 26.3 Å². The standard InChI is InChI=1S/C17H14BrN3O2S/c18-13-5-3-12(4-6-13)15-7-8-17(23)21(20-15)11-16(22)19-10-14-2-1-9-24-14/h1-9H,10-11H2,(H,19,22). The summed E-state index contributed by atoms with van der Waals surface area (Å²) in [5.41, 5.74) is 1.22. The lowest BCUT2D eigenvalue weighted by atomic mass is 10.1. The Hall–Kier alpha value is -2.25. The molecule has 1 N–H and O–H groups in total. The molecular formula is C17H14BrN3O2S. The predicted octanol–water partition coefficient (Wildman–Crippen LogP) is 3.05. The fraction of sp³-hybridized carbons (Fsp3) is 0.118. The lowest BCUT2D eigenvalue weighted by Gasteiger charge is -2.08. The van der Waals surface area contributed by atoms with Crippen molar-refractivity contribution in [2.45, 2.75) is 13.1 Å². The molecule has 0 spiro atoms. The molecule has 1 aromatic carbocycles. The third kappa shape index (κ3) is 4.18. The Balaban J connectivity index is 1.73. The summed E-state index contributed by atoms with van der Waals surface area (Å²) in [6.07, 6.45) is 0. The van der Waals surface area contributed by atoms with Gasteiger partial charge in [-0.1, -0.05) is 34.1 Å². The van der Waals surface area contributed by atoms with Crippen LogP contribution < -0.4 is 10.9 Å². The van der Waals surface area contributed by atoms with Crippen LogP contribution in [-0.4, -0.2) is 15.7 Å². The molecule has 0 bridgehead atoms. The van der Waals surface area contributed by atoms with Gasteiger partial charge in [0, 0.05) is 21.0 Å². The predicted molar refractivity (Wildman–Crippen MR) is 97.8 cm³/mol. The maximum Gasteiger partial charge on any atom is 0.267 e. The number of halogens is 1. The monoisotopic (exact) mass is 403 g/mol. The molecule has 0 saturated carbocycles. The van der Waals surface area contributed by atoms with Crippen molar-refractivity contribution in [1.82, 2.24) is 15.1 Å². The number of nitrogens with one attached hydrogen (secondary N) is 1. The minimum absolute atomic E-state index is 0.103. The van der Waals surface area contributed by atoms with Gasteiger partial charge >= 0.3 is 0 Å². The lowest BCUT2D eigenvalue weighted by Crippen LogP contribution is -2.33. The van der Waals surface area contributed by atoms with Crippen LogP contribution in [0, 0.1) is 0 Å². The number of aromatic nitrogens is 2. The second-order valence-electron chi connectivity index (χ2n) is 5.08. The molecule has 0 aliphatic carbocycles. The van der Waals surface area contributed by atoms with Gasteiger partial charge in [-0.05, 0) is 29.6 Å². The number of amides is 1. The van der Waals surface area contributed by atoms with Gasteiger partial charge in [-0.25, -0.2) is 4.68 Å². The van der Waals surface area contributed by atoms with Crippen LogP contribution >= 0.6 is 27.3 Å².